The van der Waals surface area contributed by atoms with Crippen molar-refractivity contribution >= 4 is 5.95 Å². The first-order chi connectivity index (χ1) is 9.28. The van der Waals surface area contributed by atoms with E-state index in [1.54, 1.807) is 7.11 Å². The molecule has 0 unspecified atom stereocenters. The Labute approximate surface area is 113 Å². The van der Waals surface area contributed by atoms with Crippen molar-refractivity contribution in [3.63, 3.8) is 0 Å². The van der Waals surface area contributed by atoms with Gasteiger partial charge in [-0.05, 0) is 32.1 Å². The Kier molecular flexibility index (Phi) is 5.15. The number of rotatable bonds is 6. The second kappa shape index (κ2) is 7.09. The summed E-state index contributed by atoms with van der Waals surface area (Å²) < 4.78 is 4.99. The zero-order valence-electron chi connectivity index (χ0n) is 11.4. The molecule has 104 valence electrons. The minimum Gasteiger partial charge on any atom is -0.378 e. The first kappa shape index (κ1) is 13.8. The number of nitrogens with zero attached hydrogens (tertiary/aromatic N) is 1. The van der Waals surface area contributed by atoms with Crippen molar-refractivity contribution in [2.24, 2.45) is 0 Å². The highest BCUT2D eigenvalue weighted by Gasteiger charge is 2.04. The molecule has 0 amide bonds. The third-order valence-electron chi connectivity index (χ3n) is 3.21. The van der Waals surface area contributed by atoms with E-state index in [1.165, 1.54) is 37.3 Å². The van der Waals surface area contributed by atoms with Crippen LogP contribution in [0.15, 0.2) is 22.5 Å². The van der Waals surface area contributed by atoms with Crippen LogP contribution < -0.4 is 10.9 Å². The van der Waals surface area contributed by atoms with Crippen LogP contribution >= 0.6 is 0 Å². The predicted molar refractivity (Wildman–Crippen MR) is 75.2 cm³/mol. The number of nitrogens with one attached hydrogen (secondary N) is 2. The molecule has 0 saturated heterocycles. The summed E-state index contributed by atoms with van der Waals surface area (Å²) in [6, 6.07) is 1.46. The van der Waals surface area contributed by atoms with Crippen molar-refractivity contribution in [3.8, 4) is 0 Å². The molecular weight excluding hydrogens is 242 g/mol. The van der Waals surface area contributed by atoms with E-state index in [0.29, 0.717) is 18.2 Å². The largest absolute Gasteiger partial charge is 0.378 e. The van der Waals surface area contributed by atoms with Crippen LogP contribution in [0.5, 0.6) is 0 Å². The zero-order chi connectivity index (χ0) is 13.5. The molecule has 0 radical (unpaired) electrons. The summed E-state index contributed by atoms with van der Waals surface area (Å²) >= 11 is 0. The molecule has 1 aliphatic rings. The fraction of sp³-hybridized carbons (Fsp3) is 0.571. The molecule has 2 N–H and O–H groups in total. The van der Waals surface area contributed by atoms with E-state index in [-0.39, 0.29) is 5.56 Å². The average molecular weight is 263 g/mol. The van der Waals surface area contributed by atoms with E-state index in [4.69, 9.17) is 4.74 Å². The molecular formula is C14H21N3O2. The van der Waals surface area contributed by atoms with E-state index in [0.717, 1.165) is 13.0 Å². The van der Waals surface area contributed by atoms with Crippen LogP contribution in [-0.4, -0.2) is 23.6 Å². The van der Waals surface area contributed by atoms with Crippen LogP contribution in [0.1, 0.15) is 37.8 Å². The van der Waals surface area contributed by atoms with Gasteiger partial charge in [-0.2, -0.15) is 0 Å². The Morgan fingerprint density at radius 3 is 3.11 bits per heavy atom. The molecule has 0 atom stereocenters. The van der Waals surface area contributed by atoms with Crippen LogP contribution in [0.4, 0.5) is 5.95 Å². The van der Waals surface area contributed by atoms with Gasteiger partial charge in [0.2, 0.25) is 5.95 Å². The Hall–Kier alpha value is -1.62. The quantitative estimate of drug-likeness (QED) is 0.772. The van der Waals surface area contributed by atoms with Crippen LogP contribution in [0.3, 0.4) is 0 Å². The maximum Gasteiger partial charge on any atom is 0.252 e. The second-order valence-electron chi connectivity index (χ2n) is 4.80. The van der Waals surface area contributed by atoms with Crippen molar-refractivity contribution in [3.05, 3.63) is 33.8 Å². The smallest absolute Gasteiger partial charge is 0.252 e. The number of methoxy groups -OCH3 is 1. The molecule has 1 heterocycles. The third-order valence-corrected chi connectivity index (χ3v) is 3.21. The summed E-state index contributed by atoms with van der Waals surface area (Å²) in [6.07, 6.45) is 8.36. The van der Waals surface area contributed by atoms with Gasteiger partial charge in [0.1, 0.15) is 0 Å². The molecule has 2 rings (SSSR count). The summed E-state index contributed by atoms with van der Waals surface area (Å²) in [5.41, 5.74) is 2.00. The van der Waals surface area contributed by atoms with Gasteiger partial charge in [-0.25, -0.2) is 4.98 Å². The number of hydrogen-bond donors (Lipinski definition) is 2. The van der Waals surface area contributed by atoms with E-state index in [2.05, 4.69) is 21.4 Å². The van der Waals surface area contributed by atoms with Crippen LogP contribution in [0, 0.1) is 0 Å². The molecule has 1 aliphatic carbocycles. The van der Waals surface area contributed by atoms with E-state index >= 15 is 0 Å². The lowest BCUT2D eigenvalue weighted by molar-refractivity contribution is 0.181. The summed E-state index contributed by atoms with van der Waals surface area (Å²) in [5.74, 6) is 0.524. The fourth-order valence-corrected chi connectivity index (χ4v) is 2.29. The molecule has 1 aromatic rings. The number of aromatic nitrogens is 2. The fourth-order valence-electron chi connectivity index (χ4n) is 2.29. The molecule has 0 fully saturated rings. The van der Waals surface area contributed by atoms with Gasteiger partial charge in [-0.3, -0.25) is 9.78 Å². The lowest BCUT2D eigenvalue weighted by Gasteiger charge is -2.13. The minimum absolute atomic E-state index is 0.151. The topological polar surface area (TPSA) is 67.0 Å². The molecule has 0 aromatic carbocycles. The molecule has 0 saturated carbocycles. The van der Waals surface area contributed by atoms with Gasteiger partial charge >= 0.3 is 0 Å². The Morgan fingerprint density at radius 2 is 2.37 bits per heavy atom. The lowest BCUT2D eigenvalue weighted by atomic mass is 9.97. The van der Waals surface area contributed by atoms with Gasteiger partial charge in [0.15, 0.2) is 0 Å². The van der Waals surface area contributed by atoms with Gasteiger partial charge in [-0.1, -0.05) is 11.6 Å². The van der Waals surface area contributed by atoms with Crippen molar-refractivity contribution in [1.29, 1.82) is 0 Å². The SMILES string of the molecule is COCc1cc(=O)[nH]c(NCCC2=CCCCC2)n1. The van der Waals surface area contributed by atoms with Gasteiger partial charge in [0.25, 0.3) is 5.56 Å². The minimum atomic E-state index is -0.151. The highest BCUT2D eigenvalue weighted by atomic mass is 16.5. The van der Waals surface area contributed by atoms with E-state index < -0.39 is 0 Å². The number of H-pyrrole nitrogens is 1. The van der Waals surface area contributed by atoms with Crippen molar-refractivity contribution in [2.45, 2.75) is 38.7 Å². The number of aromatic amines is 1. The lowest BCUT2D eigenvalue weighted by Crippen LogP contribution is -2.15. The van der Waals surface area contributed by atoms with Crippen LogP contribution in [0.25, 0.3) is 0 Å². The summed E-state index contributed by atoms with van der Waals surface area (Å²) in [6.45, 7) is 1.15. The number of hydrogen-bond acceptors (Lipinski definition) is 4. The van der Waals surface area contributed by atoms with Crippen molar-refractivity contribution in [2.75, 3.05) is 19.0 Å². The highest BCUT2D eigenvalue weighted by Crippen LogP contribution is 2.19. The predicted octanol–water partition coefficient (Wildman–Crippen LogP) is 2.22. The van der Waals surface area contributed by atoms with Crippen molar-refractivity contribution in [1.82, 2.24) is 9.97 Å². The molecule has 19 heavy (non-hydrogen) atoms. The molecule has 0 aliphatic heterocycles. The van der Waals surface area contributed by atoms with Gasteiger partial charge in [-0.15, -0.1) is 0 Å². The van der Waals surface area contributed by atoms with E-state index in [1.807, 2.05) is 0 Å². The number of ether oxygens (including phenoxy) is 1. The monoisotopic (exact) mass is 263 g/mol. The normalized spacial score (nSPS) is 15.1. The van der Waals surface area contributed by atoms with Crippen LogP contribution in [0.2, 0.25) is 0 Å². The maximum atomic E-state index is 11.4. The number of anilines is 1. The second-order valence-corrected chi connectivity index (χ2v) is 4.80. The third kappa shape index (κ3) is 4.52. The van der Waals surface area contributed by atoms with Gasteiger partial charge in [0, 0.05) is 19.7 Å². The maximum absolute atomic E-state index is 11.4. The average Bonchev–Trinajstić information content (AvgIpc) is 2.40. The first-order valence-electron chi connectivity index (χ1n) is 6.79. The Morgan fingerprint density at radius 1 is 1.47 bits per heavy atom. The zero-order valence-corrected chi connectivity index (χ0v) is 11.4. The molecule has 5 heteroatoms. The van der Waals surface area contributed by atoms with Crippen molar-refractivity contribution < 1.29 is 4.74 Å². The first-order valence-corrected chi connectivity index (χ1v) is 6.79. The van der Waals surface area contributed by atoms with Gasteiger partial charge in [0.05, 0.1) is 12.3 Å². The Balaban J connectivity index is 1.88. The van der Waals surface area contributed by atoms with E-state index in [9.17, 15) is 4.79 Å². The summed E-state index contributed by atoms with van der Waals surface area (Å²) in [4.78, 5) is 18.4. The standard InChI is InChI=1S/C14H21N3O2/c1-19-10-12-9-13(18)17-14(16-12)15-8-7-11-5-3-2-4-6-11/h5,9H,2-4,6-8,10H2,1H3,(H2,15,16,17,18). The number of allylic oxidation sites excluding steroid dienone is 1. The Bertz CT molecular complexity index is 494. The summed E-state index contributed by atoms with van der Waals surface area (Å²) in [7, 11) is 1.59. The summed E-state index contributed by atoms with van der Waals surface area (Å²) in [5, 5.41) is 3.17. The van der Waals surface area contributed by atoms with Crippen LogP contribution in [-0.2, 0) is 11.3 Å². The molecule has 1 aromatic heterocycles. The van der Waals surface area contributed by atoms with Gasteiger partial charge < -0.3 is 10.1 Å². The molecule has 0 bridgehead atoms. The molecule has 5 nitrogen and oxygen atoms in total. The highest BCUT2D eigenvalue weighted by molar-refractivity contribution is 5.25. The molecule has 0 spiro atoms.